The van der Waals surface area contributed by atoms with Crippen LogP contribution >= 0.6 is 0 Å². The normalized spacial score (nSPS) is 22.1. The highest BCUT2D eigenvalue weighted by Crippen LogP contribution is 2.29. The fourth-order valence-corrected chi connectivity index (χ4v) is 4.07. The second-order valence-corrected chi connectivity index (χ2v) is 7.89. The molecule has 142 valence electrons. The van der Waals surface area contributed by atoms with Gasteiger partial charge in [-0.1, -0.05) is 30.3 Å². The van der Waals surface area contributed by atoms with Crippen LogP contribution < -0.4 is 0 Å². The van der Waals surface area contributed by atoms with Gasteiger partial charge in [0.25, 0.3) is 0 Å². The zero-order chi connectivity index (χ0) is 18.5. The Labute approximate surface area is 156 Å². The number of hydrogen-bond donors (Lipinski definition) is 0. The van der Waals surface area contributed by atoms with Crippen molar-refractivity contribution in [1.29, 1.82) is 0 Å². The average molecular weight is 357 g/mol. The lowest BCUT2D eigenvalue weighted by atomic mass is 9.88. The molecule has 1 aromatic carbocycles. The zero-order valence-corrected chi connectivity index (χ0v) is 16.1. The topological polar surface area (TPSA) is 43.9 Å². The first-order chi connectivity index (χ1) is 12.5. The minimum Gasteiger partial charge on any atom is -0.342 e. The molecule has 2 aliphatic heterocycles. The van der Waals surface area contributed by atoms with Crippen molar-refractivity contribution in [3.05, 3.63) is 35.9 Å². The average Bonchev–Trinajstić information content (AvgIpc) is 2.67. The smallest absolute Gasteiger partial charge is 0.227 e. The SMILES string of the molecule is CN(C)CCN1C[C@@H](C(=O)N2CCC(c3ccccc3)CC2)CCC1=O. The number of likely N-dealkylation sites (N-methyl/N-ethyl adjacent to an activating group) is 1. The Hall–Kier alpha value is -1.88. The highest BCUT2D eigenvalue weighted by atomic mass is 16.2. The van der Waals surface area contributed by atoms with Crippen molar-refractivity contribution >= 4 is 11.8 Å². The standard InChI is InChI=1S/C21H31N3O2/c1-22(2)14-15-24-16-19(8-9-20(24)25)21(26)23-12-10-18(11-13-23)17-6-4-3-5-7-17/h3-7,18-19H,8-16H2,1-2H3/t19-/m0/s1. The van der Waals surface area contributed by atoms with E-state index in [1.165, 1.54) is 5.56 Å². The molecule has 0 aliphatic carbocycles. The molecule has 2 fully saturated rings. The van der Waals surface area contributed by atoms with Gasteiger partial charge in [-0.15, -0.1) is 0 Å². The van der Waals surface area contributed by atoms with E-state index < -0.39 is 0 Å². The molecule has 0 bridgehead atoms. The molecule has 0 radical (unpaired) electrons. The molecule has 5 nitrogen and oxygen atoms in total. The van der Waals surface area contributed by atoms with Crippen molar-refractivity contribution in [2.24, 2.45) is 5.92 Å². The van der Waals surface area contributed by atoms with Crippen LogP contribution in [0.2, 0.25) is 0 Å². The molecule has 2 saturated heterocycles. The molecule has 0 saturated carbocycles. The van der Waals surface area contributed by atoms with Crippen molar-refractivity contribution in [3.8, 4) is 0 Å². The molecule has 0 spiro atoms. The second-order valence-electron chi connectivity index (χ2n) is 7.89. The van der Waals surface area contributed by atoms with Crippen LogP contribution in [0.25, 0.3) is 0 Å². The highest BCUT2D eigenvalue weighted by molar-refractivity contribution is 5.84. The number of rotatable bonds is 5. The summed E-state index contributed by atoms with van der Waals surface area (Å²) in [5.74, 6) is 0.977. The maximum atomic E-state index is 13.0. The molecule has 2 aliphatic rings. The summed E-state index contributed by atoms with van der Waals surface area (Å²) < 4.78 is 0. The Morgan fingerprint density at radius 1 is 1.12 bits per heavy atom. The summed E-state index contributed by atoms with van der Waals surface area (Å²) in [7, 11) is 4.02. The molecule has 26 heavy (non-hydrogen) atoms. The molecule has 2 amide bonds. The number of benzene rings is 1. The second kappa shape index (κ2) is 8.67. The van der Waals surface area contributed by atoms with Gasteiger partial charge in [0, 0.05) is 39.1 Å². The van der Waals surface area contributed by atoms with Crippen molar-refractivity contribution < 1.29 is 9.59 Å². The number of piperidine rings is 2. The minimum atomic E-state index is -0.0249. The fraction of sp³-hybridized carbons (Fsp3) is 0.619. The number of likely N-dealkylation sites (tertiary alicyclic amines) is 2. The van der Waals surface area contributed by atoms with Crippen LogP contribution in [0.5, 0.6) is 0 Å². The Morgan fingerprint density at radius 3 is 2.46 bits per heavy atom. The first-order valence-corrected chi connectivity index (χ1v) is 9.81. The lowest BCUT2D eigenvalue weighted by Gasteiger charge is -2.38. The van der Waals surface area contributed by atoms with Gasteiger partial charge in [0.2, 0.25) is 11.8 Å². The van der Waals surface area contributed by atoms with Gasteiger partial charge in [0.1, 0.15) is 0 Å². The minimum absolute atomic E-state index is 0.0249. The largest absolute Gasteiger partial charge is 0.342 e. The molecule has 0 unspecified atom stereocenters. The van der Waals surface area contributed by atoms with Gasteiger partial charge in [-0.3, -0.25) is 9.59 Å². The Morgan fingerprint density at radius 2 is 1.81 bits per heavy atom. The molecule has 2 heterocycles. The third-order valence-electron chi connectivity index (χ3n) is 5.74. The van der Waals surface area contributed by atoms with E-state index in [0.717, 1.165) is 32.5 Å². The summed E-state index contributed by atoms with van der Waals surface area (Å²) >= 11 is 0. The summed E-state index contributed by atoms with van der Waals surface area (Å²) in [6.07, 6.45) is 3.27. The molecule has 0 N–H and O–H groups in total. The van der Waals surface area contributed by atoms with Gasteiger partial charge in [-0.05, 0) is 44.8 Å². The van der Waals surface area contributed by atoms with E-state index in [1.807, 2.05) is 23.9 Å². The summed E-state index contributed by atoms with van der Waals surface area (Å²) in [6, 6.07) is 10.6. The first kappa shape index (κ1) is 18.9. The van der Waals surface area contributed by atoms with Gasteiger partial charge in [0.05, 0.1) is 5.92 Å². The van der Waals surface area contributed by atoms with Gasteiger partial charge in [-0.2, -0.15) is 0 Å². The van der Waals surface area contributed by atoms with Crippen LogP contribution in [-0.2, 0) is 9.59 Å². The maximum Gasteiger partial charge on any atom is 0.227 e. The number of nitrogens with zero attached hydrogens (tertiary/aromatic N) is 3. The van der Waals surface area contributed by atoms with E-state index in [-0.39, 0.29) is 17.7 Å². The van der Waals surface area contributed by atoms with E-state index in [1.54, 1.807) is 0 Å². The number of carbonyl (C=O) groups is 2. The third kappa shape index (κ3) is 4.64. The van der Waals surface area contributed by atoms with Crippen molar-refractivity contribution in [3.63, 3.8) is 0 Å². The Balaban J connectivity index is 1.52. The number of carbonyl (C=O) groups excluding carboxylic acids is 2. The quantitative estimate of drug-likeness (QED) is 0.811. The van der Waals surface area contributed by atoms with E-state index in [0.29, 0.717) is 31.8 Å². The van der Waals surface area contributed by atoms with Crippen LogP contribution in [0.1, 0.15) is 37.2 Å². The Bertz CT molecular complexity index is 609. The lowest BCUT2D eigenvalue weighted by molar-refractivity contribution is -0.143. The van der Waals surface area contributed by atoms with Crippen LogP contribution in [0.3, 0.4) is 0 Å². The summed E-state index contributed by atoms with van der Waals surface area (Å²) in [6.45, 7) is 3.81. The number of amides is 2. The molecule has 1 atom stereocenters. The van der Waals surface area contributed by atoms with E-state index in [4.69, 9.17) is 0 Å². The lowest BCUT2D eigenvalue weighted by Crippen LogP contribution is -2.49. The van der Waals surface area contributed by atoms with Crippen molar-refractivity contribution in [2.75, 3.05) is 46.8 Å². The van der Waals surface area contributed by atoms with Crippen LogP contribution in [0, 0.1) is 5.92 Å². The van der Waals surface area contributed by atoms with Crippen molar-refractivity contribution in [1.82, 2.24) is 14.7 Å². The summed E-state index contributed by atoms with van der Waals surface area (Å²) in [4.78, 5) is 31.1. The first-order valence-electron chi connectivity index (χ1n) is 9.81. The van der Waals surface area contributed by atoms with Crippen LogP contribution in [-0.4, -0.2) is 73.3 Å². The molecular weight excluding hydrogens is 326 g/mol. The molecule has 1 aromatic rings. The van der Waals surface area contributed by atoms with E-state index >= 15 is 0 Å². The van der Waals surface area contributed by atoms with E-state index in [9.17, 15) is 9.59 Å². The third-order valence-corrected chi connectivity index (χ3v) is 5.74. The monoisotopic (exact) mass is 357 g/mol. The Kier molecular flexibility index (Phi) is 6.30. The van der Waals surface area contributed by atoms with Crippen molar-refractivity contribution in [2.45, 2.75) is 31.6 Å². The molecule has 0 aromatic heterocycles. The summed E-state index contributed by atoms with van der Waals surface area (Å²) in [5, 5.41) is 0. The van der Waals surface area contributed by atoms with Gasteiger partial charge >= 0.3 is 0 Å². The molecular formula is C21H31N3O2. The highest BCUT2D eigenvalue weighted by Gasteiger charge is 2.34. The molecule has 5 heteroatoms. The van der Waals surface area contributed by atoms with Crippen LogP contribution in [0.15, 0.2) is 30.3 Å². The van der Waals surface area contributed by atoms with E-state index in [2.05, 4.69) is 35.2 Å². The number of hydrogen-bond acceptors (Lipinski definition) is 3. The summed E-state index contributed by atoms with van der Waals surface area (Å²) in [5.41, 5.74) is 1.39. The molecule has 3 rings (SSSR count). The predicted octanol–water partition coefficient (Wildman–Crippen LogP) is 2.19. The van der Waals surface area contributed by atoms with Gasteiger partial charge in [-0.25, -0.2) is 0 Å². The fourth-order valence-electron chi connectivity index (χ4n) is 4.07. The van der Waals surface area contributed by atoms with Crippen LogP contribution in [0.4, 0.5) is 0 Å². The maximum absolute atomic E-state index is 13.0. The zero-order valence-electron chi connectivity index (χ0n) is 16.1. The van der Waals surface area contributed by atoms with Gasteiger partial charge in [0.15, 0.2) is 0 Å². The van der Waals surface area contributed by atoms with Gasteiger partial charge < -0.3 is 14.7 Å². The predicted molar refractivity (Wildman–Crippen MR) is 103 cm³/mol.